The molecule has 6 nitrogen and oxygen atoms in total. The van der Waals surface area contributed by atoms with Crippen LogP contribution >= 0.6 is 0 Å². The van der Waals surface area contributed by atoms with E-state index in [2.05, 4.69) is 10.6 Å². The third kappa shape index (κ3) is 3.71. The highest BCUT2D eigenvalue weighted by molar-refractivity contribution is 7.90. The van der Waals surface area contributed by atoms with Crippen LogP contribution in [0.3, 0.4) is 0 Å². The van der Waals surface area contributed by atoms with Crippen molar-refractivity contribution in [3.63, 3.8) is 0 Å². The van der Waals surface area contributed by atoms with Gasteiger partial charge in [-0.05, 0) is 37.6 Å². The number of rotatable bonds is 4. The first-order valence-corrected chi connectivity index (χ1v) is 8.32. The maximum atomic E-state index is 11.9. The van der Waals surface area contributed by atoms with Crippen molar-refractivity contribution >= 4 is 21.4 Å². The molecule has 0 radical (unpaired) electrons. The van der Waals surface area contributed by atoms with Crippen LogP contribution in [0.4, 0.5) is 5.69 Å². The van der Waals surface area contributed by atoms with E-state index < -0.39 is 9.84 Å². The van der Waals surface area contributed by atoms with Gasteiger partial charge in [-0.1, -0.05) is 0 Å². The Kier molecular flexibility index (Phi) is 4.29. The molecule has 110 valence electrons. The molecule has 3 N–H and O–H groups in total. The Hall–Kier alpha value is -1.60. The predicted molar refractivity (Wildman–Crippen MR) is 75.5 cm³/mol. The SMILES string of the molecule is CS(=O)(=O)c1ccc(O)c(NC(=O)CC2CCCN2)c1. The summed E-state index contributed by atoms with van der Waals surface area (Å²) in [5.41, 5.74) is 0.121. The van der Waals surface area contributed by atoms with Gasteiger partial charge in [-0.2, -0.15) is 0 Å². The summed E-state index contributed by atoms with van der Waals surface area (Å²) in [6.45, 7) is 0.909. The van der Waals surface area contributed by atoms with Crippen molar-refractivity contribution in [2.24, 2.45) is 0 Å². The van der Waals surface area contributed by atoms with Gasteiger partial charge >= 0.3 is 0 Å². The van der Waals surface area contributed by atoms with E-state index in [1.165, 1.54) is 18.2 Å². The number of anilines is 1. The molecule has 1 fully saturated rings. The van der Waals surface area contributed by atoms with Gasteiger partial charge in [0.15, 0.2) is 9.84 Å². The molecule has 0 saturated carbocycles. The van der Waals surface area contributed by atoms with Gasteiger partial charge in [0, 0.05) is 18.7 Å². The Labute approximate surface area is 118 Å². The highest BCUT2D eigenvalue weighted by Crippen LogP contribution is 2.26. The average molecular weight is 298 g/mol. The summed E-state index contributed by atoms with van der Waals surface area (Å²) in [4.78, 5) is 11.9. The van der Waals surface area contributed by atoms with E-state index in [1.807, 2.05) is 0 Å². The van der Waals surface area contributed by atoms with Crippen molar-refractivity contribution in [2.45, 2.75) is 30.2 Å². The molecule has 1 amide bonds. The molecule has 0 aliphatic carbocycles. The highest BCUT2D eigenvalue weighted by atomic mass is 32.2. The van der Waals surface area contributed by atoms with Crippen molar-refractivity contribution in [3.8, 4) is 5.75 Å². The molecule has 2 rings (SSSR count). The van der Waals surface area contributed by atoms with Crippen molar-refractivity contribution in [1.29, 1.82) is 0 Å². The standard InChI is InChI=1S/C13H18N2O4S/c1-20(18,19)10-4-5-12(16)11(8-10)15-13(17)7-9-3-2-6-14-9/h4-5,8-9,14,16H,2-3,6-7H2,1H3,(H,15,17). The van der Waals surface area contributed by atoms with E-state index in [1.54, 1.807) is 0 Å². The van der Waals surface area contributed by atoms with E-state index in [0.717, 1.165) is 25.6 Å². The van der Waals surface area contributed by atoms with Crippen LogP contribution in [0.1, 0.15) is 19.3 Å². The zero-order valence-electron chi connectivity index (χ0n) is 11.2. The van der Waals surface area contributed by atoms with E-state index in [4.69, 9.17) is 0 Å². The first-order chi connectivity index (χ1) is 9.36. The van der Waals surface area contributed by atoms with Crippen LogP contribution in [0.25, 0.3) is 0 Å². The molecule has 1 atom stereocenters. The Morgan fingerprint density at radius 3 is 2.85 bits per heavy atom. The van der Waals surface area contributed by atoms with Crippen molar-refractivity contribution in [3.05, 3.63) is 18.2 Å². The Morgan fingerprint density at radius 2 is 2.25 bits per heavy atom. The van der Waals surface area contributed by atoms with Gasteiger partial charge in [-0.15, -0.1) is 0 Å². The normalized spacial score (nSPS) is 18.9. The van der Waals surface area contributed by atoms with Gasteiger partial charge < -0.3 is 15.7 Å². The molecular weight excluding hydrogens is 280 g/mol. The minimum Gasteiger partial charge on any atom is -0.506 e. The van der Waals surface area contributed by atoms with Crippen LogP contribution in [-0.2, 0) is 14.6 Å². The molecule has 1 aromatic carbocycles. The maximum absolute atomic E-state index is 11.9. The quantitative estimate of drug-likeness (QED) is 0.717. The number of phenols is 1. The molecule has 1 unspecified atom stereocenters. The van der Waals surface area contributed by atoms with Crippen molar-refractivity contribution in [2.75, 3.05) is 18.1 Å². The zero-order chi connectivity index (χ0) is 14.8. The first-order valence-electron chi connectivity index (χ1n) is 6.42. The van der Waals surface area contributed by atoms with Gasteiger partial charge in [-0.25, -0.2) is 8.42 Å². The first kappa shape index (κ1) is 14.8. The molecule has 1 aliphatic rings. The number of hydrogen-bond acceptors (Lipinski definition) is 5. The van der Waals surface area contributed by atoms with Crippen molar-refractivity contribution in [1.82, 2.24) is 5.32 Å². The van der Waals surface area contributed by atoms with E-state index in [0.29, 0.717) is 6.42 Å². The fourth-order valence-electron chi connectivity index (χ4n) is 2.20. The summed E-state index contributed by atoms with van der Waals surface area (Å²) in [5.74, 6) is -0.393. The average Bonchev–Trinajstić information content (AvgIpc) is 2.83. The molecule has 0 bridgehead atoms. The summed E-state index contributed by atoms with van der Waals surface area (Å²) in [6.07, 6.45) is 3.38. The summed E-state index contributed by atoms with van der Waals surface area (Å²) in [7, 11) is -3.38. The summed E-state index contributed by atoms with van der Waals surface area (Å²) < 4.78 is 22.9. The van der Waals surface area contributed by atoms with E-state index >= 15 is 0 Å². The molecule has 0 spiro atoms. The van der Waals surface area contributed by atoms with Crippen molar-refractivity contribution < 1.29 is 18.3 Å². The van der Waals surface area contributed by atoms with Crippen LogP contribution in [0.5, 0.6) is 5.75 Å². The molecule has 0 aromatic heterocycles. The van der Waals surface area contributed by atoms with Gasteiger partial charge in [-0.3, -0.25) is 4.79 Å². The fourth-order valence-corrected chi connectivity index (χ4v) is 2.85. The van der Waals surface area contributed by atoms with Gasteiger partial charge in [0.1, 0.15) is 5.75 Å². The van der Waals surface area contributed by atoms with Crippen LogP contribution in [-0.4, -0.2) is 38.3 Å². The Bertz CT molecular complexity index is 607. The fraction of sp³-hybridized carbons (Fsp3) is 0.462. The minimum absolute atomic E-state index is 0.0598. The largest absolute Gasteiger partial charge is 0.506 e. The number of carbonyl (C=O) groups excluding carboxylic acids is 1. The second-order valence-corrected chi connectivity index (χ2v) is 7.01. The van der Waals surface area contributed by atoms with E-state index in [9.17, 15) is 18.3 Å². The van der Waals surface area contributed by atoms with Crippen LogP contribution in [0, 0.1) is 0 Å². The van der Waals surface area contributed by atoms with E-state index in [-0.39, 0.29) is 28.3 Å². The topological polar surface area (TPSA) is 95.5 Å². The molecule has 1 heterocycles. The summed E-state index contributed by atoms with van der Waals surface area (Å²) >= 11 is 0. The molecule has 1 aromatic rings. The number of carbonyl (C=O) groups is 1. The number of benzene rings is 1. The lowest BCUT2D eigenvalue weighted by atomic mass is 10.1. The van der Waals surface area contributed by atoms with Crippen LogP contribution < -0.4 is 10.6 Å². The maximum Gasteiger partial charge on any atom is 0.226 e. The number of sulfone groups is 1. The van der Waals surface area contributed by atoms with Gasteiger partial charge in [0.2, 0.25) is 5.91 Å². The second-order valence-electron chi connectivity index (χ2n) is 5.00. The monoisotopic (exact) mass is 298 g/mol. The second kappa shape index (κ2) is 5.80. The third-order valence-corrected chi connectivity index (χ3v) is 4.37. The summed E-state index contributed by atoms with van der Waals surface area (Å²) in [5, 5.41) is 15.4. The number of amides is 1. The number of nitrogens with one attached hydrogen (secondary N) is 2. The molecule has 1 saturated heterocycles. The summed E-state index contributed by atoms with van der Waals surface area (Å²) in [6, 6.07) is 3.98. The molecule has 20 heavy (non-hydrogen) atoms. The Morgan fingerprint density at radius 1 is 1.50 bits per heavy atom. The lowest BCUT2D eigenvalue weighted by molar-refractivity contribution is -0.116. The third-order valence-electron chi connectivity index (χ3n) is 3.26. The lowest BCUT2D eigenvalue weighted by Gasteiger charge is -2.12. The Balaban J connectivity index is 2.09. The molecule has 7 heteroatoms. The highest BCUT2D eigenvalue weighted by Gasteiger charge is 2.19. The molecule has 1 aliphatic heterocycles. The van der Waals surface area contributed by atoms with Gasteiger partial charge in [0.25, 0.3) is 0 Å². The predicted octanol–water partition coefficient (Wildman–Crippen LogP) is 0.876. The number of phenolic OH excluding ortho intramolecular Hbond substituents is 1. The minimum atomic E-state index is -3.38. The zero-order valence-corrected chi connectivity index (χ0v) is 12.0. The lowest BCUT2D eigenvalue weighted by Crippen LogP contribution is -2.27. The van der Waals surface area contributed by atoms with Crippen LogP contribution in [0.15, 0.2) is 23.1 Å². The molecular formula is C13H18N2O4S. The number of aromatic hydroxyl groups is 1. The van der Waals surface area contributed by atoms with Gasteiger partial charge in [0.05, 0.1) is 10.6 Å². The smallest absolute Gasteiger partial charge is 0.226 e. The van der Waals surface area contributed by atoms with Crippen LogP contribution in [0.2, 0.25) is 0 Å². The number of hydrogen-bond donors (Lipinski definition) is 3.